The Morgan fingerprint density at radius 3 is 1.67 bits per heavy atom. The maximum atomic E-state index is 12.2. The first-order chi connectivity index (χ1) is 14.5. The topological polar surface area (TPSA) is 60.4 Å². The van der Waals surface area contributed by atoms with Crippen molar-refractivity contribution in [1.29, 1.82) is 0 Å². The standard InChI is InChI=1S/C25H42O4S/c1-3-4-5-6-7-8-9-10-11-12-13-14-15-19-22-30(27,28)29-23(2)25(26)24-20-17-16-18-21-24/h16-18,20-21,23H,3-15,19,22H2,1-2H3. The highest BCUT2D eigenvalue weighted by Gasteiger charge is 2.22. The molecule has 0 aliphatic heterocycles. The SMILES string of the molecule is CCCCCCCCCCCCCCCCS(=O)(=O)OC(C)C(=O)c1ccccc1. The Morgan fingerprint density at radius 1 is 0.767 bits per heavy atom. The molecule has 172 valence electrons. The number of Topliss-reactive ketones (excluding diaryl/α,β-unsaturated/α-hetero) is 1. The Bertz CT molecular complexity index is 655. The van der Waals surface area contributed by atoms with Crippen LogP contribution in [-0.2, 0) is 14.3 Å². The van der Waals surface area contributed by atoms with Gasteiger partial charge in [0.2, 0.25) is 0 Å². The van der Waals surface area contributed by atoms with Gasteiger partial charge < -0.3 is 0 Å². The third-order valence-electron chi connectivity index (χ3n) is 5.47. The largest absolute Gasteiger partial charge is 0.291 e. The van der Waals surface area contributed by atoms with E-state index in [0.29, 0.717) is 12.0 Å². The lowest BCUT2D eigenvalue weighted by atomic mass is 10.0. The average molecular weight is 439 g/mol. The fourth-order valence-corrected chi connectivity index (χ4v) is 4.80. The number of hydrogen-bond donors (Lipinski definition) is 0. The minimum Gasteiger partial charge on any atom is -0.291 e. The molecule has 1 aromatic carbocycles. The molecule has 1 atom stereocenters. The van der Waals surface area contributed by atoms with Crippen LogP contribution in [0.15, 0.2) is 30.3 Å². The van der Waals surface area contributed by atoms with E-state index in [4.69, 9.17) is 4.18 Å². The number of rotatable bonds is 19. The van der Waals surface area contributed by atoms with Gasteiger partial charge in [-0.2, -0.15) is 8.42 Å². The third kappa shape index (κ3) is 13.2. The van der Waals surface area contributed by atoms with Crippen molar-refractivity contribution in [2.75, 3.05) is 5.75 Å². The first-order valence-electron chi connectivity index (χ1n) is 12.0. The molecule has 0 amide bonds. The van der Waals surface area contributed by atoms with Crippen molar-refractivity contribution < 1.29 is 17.4 Å². The molecule has 5 heteroatoms. The van der Waals surface area contributed by atoms with E-state index in [-0.39, 0.29) is 11.5 Å². The molecule has 0 aliphatic rings. The van der Waals surface area contributed by atoms with Crippen LogP contribution in [0.4, 0.5) is 0 Å². The molecule has 0 N–H and O–H groups in total. The van der Waals surface area contributed by atoms with Crippen molar-refractivity contribution in [3.8, 4) is 0 Å². The summed E-state index contributed by atoms with van der Waals surface area (Å²) in [7, 11) is -3.67. The Hall–Kier alpha value is -1.20. The zero-order chi connectivity index (χ0) is 22.1. The number of hydrogen-bond acceptors (Lipinski definition) is 4. The second-order valence-electron chi connectivity index (χ2n) is 8.33. The first kappa shape index (κ1) is 26.8. The minimum absolute atomic E-state index is 0.0164. The lowest BCUT2D eigenvalue weighted by molar-refractivity contribution is 0.0825. The summed E-state index contributed by atoms with van der Waals surface area (Å²) in [5.74, 6) is -0.322. The van der Waals surface area contributed by atoms with E-state index in [1.807, 2.05) is 6.07 Å². The summed E-state index contributed by atoms with van der Waals surface area (Å²) in [6.45, 7) is 3.75. The van der Waals surface area contributed by atoms with Gasteiger partial charge in [-0.1, -0.05) is 121 Å². The van der Waals surface area contributed by atoms with Crippen LogP contribution in [0.5, 0.6) is 0 Å². The van der Waals surface area contributed by atoms with E-state index < -0.39 is 16.2 Å². The van der Waals surface area contributed by atoms with Gasteiger partial charge in [-0.15, -0.1) is 0 Å². The van der Waals surface area contributed by atoms with Crippen LogP contribution in [0.2, 0.25) is 0 Å². The van der Waals surface area contributed by atoms with Crippen molar-refractivity contribution in [3.05, 3.63) is 35.9 Å². The summed E-state index contributed by atoms with van der Waals surface area (Å²) in [6, 6.07) is 8.66. The van der Waals surface area contributed by atoms with Crippen LogP contribution in [-0.4, -0.2) is 26.1 Å². The Kier molecular flexibility index (Phi) is 14.7. The summed E-state index contributed by atoms with van der Waals surface area (Å²) in [4.78, 5) is 12.2. The molecule has 0 saturated carbocycles. The number of unbranched alkanes of at least 4 members (excludes halogenated alkanes) is 13. The van der Waals surface area contributed by atoms with Gasteiger partial charge >= 0.3 is 0 Å². The number of ketones is 1. The van der Waals surface area contributed by atoms with E-state index in [0.717, 1.165) is 12.8 Å². The molecule has 0 saturated heterocycles. The van der Waals surface area contributed by atoms with Crippen LogP contribution in [0.1, 0.15) is 114 Å². The maximum absolute atomic E-state index is 12.2. The highest BCUT2D eigenvalue weighted by molar-refractivity contribution is 7.86. The zero-order valence-corrected chi connectivity index (χ0v) is 19.9. The molecule has 0 spiro atoms. The molecule has 1 rings (SSSR count). The molecule has 1 aromatic rings. The van der Waals surface area contributed by atoms with Crippen LogP contribution in [0.25, 0.3) is 0 Å². The zero-order valence-electron chi connectivity index (χ0n) is 19.1. The number of carbonyl (C=O) groups excluding carboxylic acids is 1. The van der Waals surface area contributed by atoms with Gasteiger partial charge in [0.15, 0.2) is 5.78 Å². The molecule has 30 heavy (non-hydrogen) atoms. The van der Waals surface area contributed by atoms with E-state index in [9.17, 15) is 13.2 Å². The van der Waals surface area contributed by atoms with E-state index in [2.05, 4.69) is 6.92 Å². The molecule has 4 nitrogen and oxygen atoms in total. The third-order valence-corrected chi connectivity index (χ3v) is 6.84. The lowest BCUT2D eigenvalue weighted by Gasteiger charge is -2.12. The van der Waals surface area contributed by atoms with Crippen LogP contribution in [0, 0.1) is 0 Å². The molecule has 0 aliphatic carbocycles. The predicted octanol–water partition coefficient (Wildman–Crippen LogP) is 7.09. The highest BCUT2D eigenvalue weighted by Crippen LogP contribution is 2.14. The van der Waals surface area contributed by atoms with Crippen molar-refractivity contribution in [2.45, 2.75) is 110 Å². The summed E-state index contributed by atoms with van der Waals surface area (Å²) in [5.41, 5.74) is 0.469. The Balaban J connectivity index is 2.02. The molecular weight excluding hydrogens is 396 g/mol. The second-order valence-corrected chi connectivity index (χ2v) is 10.0. The van der Waals surface area contributed by atoms with Gasteiger partial charge in [0, 0.05) is 5.56 Å². The molecular formula is C25H42O4S. The van der Waals surface area contributed by atoms with Gasteiger partial charge in [-0.3, -0.25) is 8.98 Å². The number of benzene rings is 1. The van der Waals surface area contributed by atoms with Gasteiger partial charge in [-0.25, -0.2) is 0 Å². The van der Waals surface area contributed by atoms with Gasteiger partial charge in [-0.05, 0) is 13.3 Å². The lowest BCUT2D eigenvalue weighted by Crippen LogP contribution is -2.25. The highest BCUT2D eigenvalue weighted by atomic mass is 32.2. The van der Waals surface area contributed by atoms with Gasteiger partial charge in [0.1, 0.15) is 6.10 Å². The first-order valence-corrected chi connectivity index (χ1v) is 13.5. The molecule has 0 bridgehead atoms. The predicted molar refractivity (Wildman–Crippen MR) is 125 cm³/mol. The molecule has 0 fully saturated rings. The van der Waals surface area contributed by atoms with Crippen molar-refractivity contribution in [1.82, 2.24) is 0 Å². The van der Waals surface area contributed by atoms with Crippen LogP contribution >= 0.6 is 0 Å². The van der Waals surface area contributed by atoms with Gasteiger partial charge in [0.25, 0.3) is 10.1 Å². The van der Waals surface area contributed by atoms with Crippen LogP contribution in [0.3, 0.4) is 0 Å². The Labute approximate surface area is 184 Å². The minimum atomic E-state index is -3.67. The monoisotopic (exact) mass is 438 g/mol. The van der Waals surface area contributed by atoms with Crippen molar-refractivity contribution in [3.63, 3.8) is 0 Å². The smallest absolute Gasteiger partial charge is 0.268 e. The fraction of sp³-hybridized carbons (Fsp3) is 0.720. The normalized spacial score (nSPS) is 12.7. The quantitative estimate of drug-likeness (QED) is 0.131. The summed E-state index contributed by atoms with van der Waals surface area (Å²) >= 11 is 0. The molecule has 0 heterocycles. The number of carbonyl (C=O) groups is 1. The second kappa shape index (κ2) is 16.5. The summed E-state index contributed by atoms with van der Waals surface area (Å²) in [5, 5.41) is 0. The maximum Gasteiger partial charge on any atom is 0.268 e. The van der Waals surface area contributed by atoms with Gasteiger partial charge in [0.05, 0.1) is 5.75 Å². The molecule has 0 radical (unpaired) electrons. The molecule has 1 unspecified atom stereocenters. The van der Waals surface area contributed by atoms with Crippen LogP contribution < -0.4 is 0 Å². The van der Waals surface area contributed by atoms with Crippen molar-refractivity contribution in [2.24, 2.45) is 0 Å². The van der Waals surface area contributed by atoms with E-state index in [1.165, 1.54) is 77.6 Å². The average Bonchev–Trinajstić information content (AvgIpc) is 2.73. The van der Waals surface area contributed by atoms with Crippen molar-refractivity contribution >= 4 is 15.9 Å². The molecule has 0 aromatic heterocycles. The Morgan fingerprint density at radius 2 is 1.20 bits per heavy atom. The summed E-state index contributed by atoms with van der Waals surface area (Å²) in [6.07, 6.45) is 16.1. The van der Waals surface area contributed by atoms with E-state index >= 15 is 0 Å². The van der Waals surface area contributed by atoms with E-state index in [1.54, 1.807) is 24.3 Å². The summed E-state index contributed by atoms with van der Waals surface area (Å²) < 4.78 is 29.3. The fourth-order valence-electron chi connectivity index (χ4n) is 3.62.